The van der Waals surface area contributed by atoms with Gasteiger partial charge in [-0.2, -0.15) is 0 Å². The number of carbonyl (C=O) groups excluding carboxylic acids is 1. The average Bonchev–Trinajstić information content (AvgIpc) is 2.91. The van der Waals surface area contributed by atoms with Crippen molar-refractivity contribution in [2.24, 2.45) is 5.92 Å². The van der Waals surface area contributed by atoms with Crippen molar-refractivity contribution >= 4 is 5.91 Å². The van der Waals surface area contributed by atoms with Crippen molar-refractivity contribution in [2.75, 3.05) is 0 Å². The van der Waals surface area contributed by atoms with Gasteiger partial charge in [0.25, 0.3) is 5.91 Å². The van der Waals surface area contributed by atoms with Crippen molar-refractivity contribution in [1.82, 2.24) is 4.74 Å². The minimum Gasteiger partial charge on any atom is -0.328 e. The fourth-order valence-corrected chi connectivity index (χ4v) is 3.05. The van der Waals surface area contributed by atoms with Gasteiger partial charge in [-0.05, 0) is 18.8 Å². The van der Waals surface area contributed by atoms with Crippen LogP contribution in [-0.4, -0.2) is 10.6 Å². The molecule has 1 aromatic heterocycles. The highest BCUT2D eigenvalue weighted by atomic mass is 16.5. The predicted octanol–water partition coefficient (Wildman–Crippen LogP) is 3.72. The first-order chi connectivity index (χ1) is 10.2. The van der Waals surface area contributed by atoms with E-state index in [1.807, 2.05) is 30.3 Å². The molecule has 0 N–H and O–H groups in total. The SMILES string of the molecule is O=C(CC1CCCCC1)n1oc(=O)cc1-c1ccccc1. The summed E-state index contributed by atoms with van der Waals surface area (Å²) in [4.78, 5) is 24.0. The van der Waals surface area contributed by atoms with Gasteiger partial charge in [0.1, 0.15) is 0 Å². The molecule has 0 saturated heterocycles. The molecule has 1 aliphatic rings. The van der Waals surface area contributed by atoms with Gasteiger partial charge in [-0.25, -0.2) is 4.79 Å². The highest BCUT2D eigenvalue weighted by Gasteiger charge is 2.21. The van der Waals surface area contributed by atoms with Gasteiger partial charge in [0.05, 0.1) is 11.8 Å². The summed E-state index contributed by atoms with van der Waals surface area (Å²) in [5, 5.41) is 0. The lowest BCUT2D eigenvalue weighted by atomic mass is 9.87. The summed E-state index contributed by atoms with van der Waals surface area (Å²) in [5.74, 6) is 0.297. The van der Waals surface area contributed by atoms with Crippen LogP contribution in [-0.2, 0) is 0 Å². The molecule has 0 aliphatic heterocycles. The molecule has 0 unspecified atom stereocenters. The Bertz CT molecular complexity index is 663. The van der Waals surface area contributed by atoms with Crippen LogP contribution in [0.2, 0.25) is 0 Å². The highest BCUT2D eigenvalue weighted by Crippen LogP contribution is 2.27. The van der Waals surface area contributed by atoms with Crippen molar-refractivity contribution in [2.45, 2.75) is 38.5 Å². The molecule has 1 heterocycles. The maximum atomic E-state index is 12.5. The van der Waals surface area contributed by atoms with E-state index in [4.69, 9.17) is 4.52 Å². The first-order valence-electron chi connectivity index (χ1n) is 7.56. The quantitative estimate of drug-likeness (QED) is 0.863. The molecule has 0 radical (unpaired) electrons. The molecule has 110 valence electrons. The molecule has 4 nitrogen and oxygen atoms in total. The van der Waals surface area contributed by atoms with Gasteiger partial charge in [-0.15, -0.1) is 4.74 Å². The van der Waals surface area contributed by atoms with Crippen molar-refractivity contribution < 1.29 is 9.32 Å². The van der Waals surface area contributed by atoms with Gasteiger partial charge >= 0.3 is 5.63 Å². The van der Waals surface area contributed by atoms with Crippen molar-refractivity contribution in [3.05, 3.63) is 46.8 Å². The number of rotatable bonds is 3. The average molecular weight is 285 g/mol. The third-order valence-corrected chi connectivity index (χ3v) is 4.14. The van der Waals surface area contributed by atoms with E-state index in [0.29, 0.717) is 18.0 Å². The number of aromatic nitrogens is 1. The molecule has 21 heavy (non-hydrogen) atoms. The van der Waals surface area contributed by atoms with Crippen molar-refractivity contribution in [1.29, 1.82) is 0 Å². The molecule has 2 aromatic rings. The fraction of sp³-hybridized carbons (Fsp3) is 0.412. The Kier molecular flexibility index (Phi) is 4.04. The Balaban J connectivity index is 1.84. The van der Waals surface area contributed by atoms with E-state index in [1.54, 1.807) is 0 Å². The monoisotopic (exact) mass is 285 g/mol. The summed E-state index contributed by atoms with van der Waals surface area (Å²) in [5.41, 5.74) is 0.882. The topological polar surface area (TPSA) is 52.2 Å². The second-order valence-corrected chi connectivity index (χ2v) is 5.70. The van der Waals surface area contributed by atoms with E-state index in [0.717, 1.165) is 18.4 Å². The lowest BCUT2D eigenvalue weighted by Crippen LogP contribution is -2.18. The predicted molar refractivity (Wildman–Crippen MR) is 80.2 cm³/mol. The summed E-state index contributed by atoms with van der Waals surface area (Å²) < 4.78 is 6.26. The summed E-state index contributed by atoms with van der Waals surface area (Å²) in [6.07, 6.45) is 6.30. The smallest absolute Gasteiger partial charge is 0.328 e. The Morgan fingerprint density at radius 2 is 1.86 bits per heavy atom. The third-order valence-electron chi connectivity index (χ3n) is 4.14. The summed E-state index contributed by atoms with van der Waals surface area (Å²) in [7, 11) is 0. The summed E-state index contributed by atoms with van der Waals surface area (Å²) in [6.45, 7) is 0. The van der Waals surface area contributed by atoms with Gasteiger partial charge in [0, 0.05) is 12.0 Å². The normalized spacial score (nSPS) is 16.0. The van der Waals surface area contributed by atoms with Crippen LogP contribution in [0.25, 0.3) is 11.3 Å². The number of hydrogen-bond acceptors (Lipinski definition) is 3. The van der Waals surface area contributed by atoms with Crippen LogP contribution in [0.5, 0.6) is 0 Å². The van der Waals surface area contributed by atoms with Gasteiger partial charge in [-0.1, -0.05) is 49.6 Å². The van der Waals surface area contributed by atoms with Crippen molar-refractivity contribution in [3.8, 4) is 11.3 Å². The number of nitrogens with zero attached hydrogens (tertiary/aromatic N) is 1. The standard InChI is InChI=1S/C17H19NO3/c19-16(11-13-7-3-1-4-8-13)18-15(12-17(20)21-18)14-9-5-2-6-10-14/h2,5-6,9-10,12-13H,1,3-4,7-8,11H2. The van der Waals surface area contributed by atoms with E-state index in [2.05, 4.69) is 0 Å². The number of carbonyl (C=O) groups is 1. The lowest BCUT2D eigenvalue weighted by Gasteiger charge is -2.20. The molecule has 1 saturated carbocycles. The van der Waals surface area contributed by atoms with E-state index >= 15 is 0 Å². The molecule has 0 atom stereocenters. The molecular weight excluding hydrogens is 266 g/mol. The van der Waals surface area contributed by atoms with E-state index in [1.165, 1.54) is 30.1 Å². The zero-order chi connectivity index (χ0) is 14.7. The first kappa shape index (κ1) is 13.9. The number of benzene rings is 1. The van der Waals surface area contributed by atoms with E-state index in [-0.39, 0.29) is 5.91 Å². The van der Waals surface area contributed by atoms with Crippen molar-refractivity contribution in [3.63, 3.8) is 0 Å². The van der Waals surface area contributed by atoms with Gasteiger partial charge in [-0.3, -0.25) is 4.79 Å². The Hall–Kier alpha value is -2.10. The Labute approximate surface area is 123 Å². The number of hydrogen-bond donors (Lipinski definition) is 0. The van der Waals surface area contributed by atoms with Crippen LogP contribution in [0.15, 0.2) is 45.7 Å². The Morgan fingerprint density at radius 1 is 1.14 bits per heavy atom. The van der Waals surface area contributed by atoms with Crippen LogP contribution < -0.4 is 5.63 Å². The van der Waals surface area contributed by atoms with E-state index in [9.17, 15) is 9.59 Å². The van der Waals surface area contributed by atoms with Crippen LogP contribution in [0.4, 0.5) is 0 Å². The third kappa shape index (κ3) is 3.15. The second kappa shape index (κ2) is 6.12. The maximum Gasteiger partial charge on any atom is 0.358 e. The molecule has 1 fully saturated rings. The second-order valence-electron chi connectivity index (χ2n) is 5.70. The van der Waals surface area contributed by atoms with Gasteiger partial charge < -0.3 is 4.52 Å². The van der Waals surface area contributed by atoms with Crippen LogP contribution in [0.1, 0.15) is 43.3 Å². The van der Waals surface area contributed by atoms with Crippen LogP contribution in [0.3, 0.4) is 0 Å². The molecule has 0 spiro atoms. The van der Waals surface area contributed by atoms with Gasteiger partial charge in [0.15, 0.2) is 0 Å². The minimum absolute atomic E-state index is 0.122. The van der Waals surface area contributed by atoms with Crippen LogP contribution in [0, 0.1) is 5.92 Å². The first-order valence-corrected chi connectivity index (χ1v) is 7.56. The summed E-state index contributed by atoms with van der Waals surface area (Å²) >= 11 is 0. The Morgan fingerprint density at radius 3 is 2.57 bits per heavy atom. The molecular formula is C17H19NO3. The zero-order valence-corrected chi connectivity index (χ0v) is 12.0. The highest BCUT2D eigenvalue weighted by molar-refractivity contribution is 5.82. The maximum absolute atomic E-state index is 12.5. The molecule has 3 rings (SSSR count). The molecule has 1 aliphatic carbocycles. The molecule has 0 bridgehead atoms. The minimum atomic E-state index is -0.481. The molecule has 4 heteroatoms. The summed E-state index contributed by atoms with van der Waals surface area (Å²) in [6, 6.07) is 10.8. The van der Waals surface area contributed by atoms with Crippen LogP contribution >= 0.6 is 0 Å². The zero-order valence-electron chi connectivity index (χ0n) is 12.0. The van der Waals surface area contributed by atoms with Gasteiger partial charge in [0.2, 0.25) is 0 Å². The van der Waals surface area contributed by atoms with E-state index < -0.39 is 5.63 Å². The largest absolute Gasteiger partial charge is 0.358 e. The molecule has 0 amide bonds. The fourth-order valence-electron chi connectivity index (χ4n) is 3.05. The molecule has 1 aromatic carbocycles. The lowest BCUT2D eigenvalue weighted by molar-refractivity contribution is 0.0744.